The lowest BCUT2D eigenvalue weighted by Gasteiger charge is -2.24. The van der Waals surface area contributed by atoms with Crippen LogP contribution in [-0.2, 0) is 12.8 Å². The molecule has 108 valence electrons. The number of benzene rings is 2. The van der Waals surface area contributed by atoms with Crippen molar-refractivity contribution in [1.29, 1.82) is 0 Å². The molecule has 2 aliphatic rings. The second-order valence-electron chi connectivity index (χ2n) is 5.75. The number of aliphatic hydroxyl groups excluding tert-OH is 1. The van der Waals surface area contributed by atoms with Gasteiger partial charge in [0, 0.05) is 23.4 Å². The van der Waals surface area contributed by atoms with Gasteiger partial charge in [-0.2, -0.15) is 0 Å². The predicted molar refractivity (Wildman–Crippen MR) is 83.0 cm³/mol. The van der Waals surface area contributed by atoms with Gasteiger partial charge < -0.3 is 15.2 Å². The summed E-state index contributed by atoms with van der Waals surface area (Å²) in [5.74, 6) is 0.881. The Bertz CT molecular complexity index is 681. The zero-order chi connectivity index (χ0) is 14.2. The fourth-order valence-corrected chi connectivity index (χ4v) is 3.39. The quantitative estimate of drug-likeness (QED) is 0.889. The minimum atomic E-state index is -0.640. The summed E-state index contributed by atoms with van der Waals surface area (Å²) in [7, 11) is 0. The molecule has 0 aromatic heterocycles. The first-order chi connectivity index (χ1) is 10.3. The summed E-state index contributed by atoms with van der Waals surface area (Å²) in [5.41, 5.74) is 5.43. The summed E-state index contributed by atoms with van der Waals surface area (Å²) in [4.78, 5) is 0. The highest BCUT2D eigenvalue weighted by Crippen LogP contribution is 2.39. The highest BCUT2D eigenvalue weighted by Gasteiger charge is 2.24. The highest BCUT2D eigenvalue weighted by molar-refractivity contribution is 5.64. The molecule has 0 amide bonds. The van der Waals surface area contributed by atoms with E-state index in [9.17, 15) is 5.11 Å². The minimum absolute atomic E-state index is 0.640. The van der Waals surface area contributed by atoms with Gasteiger partial charge in [-0.25, -0.2) is 0 Å². The Morgan fingerprint density at radius 3 is 2.71 bits per heavy atom. The SMILES string of the molecule is OC(c1cccc2c1NCC2)c1cccc2c1OCCC2. The van der Waals surface area contributed by atoms with Crippen molar-refractivity contribution in [3.05, 3.63) is 58.7 Å². The number of rotatable bonds is 2. The molecule has 3 heteroatoms. The lowest BCUT2D eigenvalue weighted by Crippen LogP contribution is -2.13. The maximum Gasteiger partial charge on any atom is 0.128 e. The second kappa shape index (κ2) is 5.08. The zero-order valence-electron chi connectivity index (χ0n) is 11.9. The van der Waals surface area contributed by atoms with Crippen molar-refractivity contribution in [3.8, 4) is 5.75 Å². The number of ether oxygens (including phenoxy) is 1. The van der Waals surface area contributed by atoms with Crippen LogP contribution in [0.25, 0.3) is 0 Å². The van der Waals surface area contributed by atoms with E-state index in [-0.39, 0.29) is 0 Å². The lowest BCUT2D eigenvalue weighted by molar-refractivity contribution is 0.207. The zero-order valence-corrected chi connectivity index (χ0v) is 11.9. The molecule has 3 nitrogen and oxygen atoms in total. The molecule has 2 N–H and O–H groups in total. The van der Waals surface area contributed by atoms with Gasteiger partial charge in [0.25, 0.3) is 0 Å². The third-order valence-corrected chi connectivity index (χ3v) is 4.43. The van der Waals surface area contributed by atoms with Gasteiger partial charge in [-0.05, 0) is 30.4 Å². The minimum Gasteiger partial charge on any atom is -0.493 e. The van der Waals surface area contributed by atoms with E-state index in [4.69, 9.17) is 4.74 Å². The molecule has 0 radical (unpaired) electrons. The van der Waals surface area contributed by atoms with Crippen molar-refractivity contribution in [3.63, 3.8) is 0 Å². The highest BCUT2D eigenvalue weighted by atomic mass is 16.5. The Morgan fingerprint density at radius 2 is 1.81 bits per heavy atom. The van der Waals surface area contributed by atoms with Gasteiger partial charge in [0.2, 0.25) is 0 Å². The van der Waals surface area contributed by atoms with Gasteiger partial charge in [0.15, 0.2) is 0 Å². The normalized spacial score (nSPS) is 17.4. The number of para-hydroxylation sites is 2. The first-order valence-corrected chi connectivity index (χ1v) is 7.63. The number of aryl methyl sites for hydroxylation is 1. The van der Waals surface area contributed by atoms with E-state index in [1.807, 2.05) is 24.3 Å². The van der Waals surface area contributed by atoms with Gasteiger partial charge in [-0.15, -0.1) is 0 Å². The van der Waals surface area contributed by atoms with E-state index < -0.39 is 6.10 Å². The summed E-state index contributed by atoms with van der Waals surface area (Å²) in [5, 5.41) is 14.3. The molecule has 0 aliphatic carbocycles. The number of fused-ring (bicyclic) bond motifs is 2. The maximum atomic E-state index is 10.9. The van der Waals surface area contributed by atoms with E-state index in [0.29, 0.717) is 0 Å². The molecule has 2 aliphatic heterocycles. The summed E-state index contributed by atoms with van der Waals surface area (Å²) < 4.78 is 5.84. The van der Waals surface area contributed by atoms with Crippen LogP contribution in [0.3, 0.4) is 0 Å². The molecule has 0 spiro atoms. The van der Waals surface area contributed by atoms with Crippen molar-refractivity contribution < 1.29 is 9.84 Å². The van der Waals surface area contributed by atoms with Crippen LogP contribution in [0, 0.1) is 0 Å². The van der Waals surface area contributed by atoms with Gasteiger partial charge in [0.05, 0.1) is 6.61 Å². The Kier molecular flexibility index (Phi) is 3.08. The third kappa shape index (κ3) is 2.09. The molecule has 4 rings (SSSR count). The first kappa shape index (κ1) is 12.7. The van der Waals surface area contributed by atoms with E-state index in [2.05, 4.69) is 17.4 Å². The molecule has 21 heavy (non-hydrogen) atoms. The lowest BCUT2D eigenvalue weighted by atomic mass is 9.94. The van der Waals surface area contributed by atoms with E-state index in [0.717, 1.165) is 55.0 Å². The number of hydrogen-bond acceptors (Lipinski definition) is 3. The van der Waals surface area contributed by atoms with Crippen molar-refractivity contribution in [2.75, 3.05) is 18.5 Å². The molecule has 0 saturated heterocycles. The molecular formula is C18H19NO2. The fourth-order valence-electron chi connectivity index (χ4n) is 3.39. The van der Waals surface area contributed by atoms with Gasteiger partial charge in [-0.3, -0.25) is 0 Å². The van der Waals surface area contributed by atoms with Gasteiger partial charge in [0.1, 0.15) is 11.9 Å². The first-order valence-electron chi connectivity index (χ1n) is 7.63. The molecule has 0 saturated carbocycles. The van der Waals surface area contributed by atoms with Crippen molar-refractivity contribution in [1.82, 2.24) is 0 Å². The summed E-state index contributed by atoms with van der Waals surface area (Å²) >= 11 is 0. The Labute approximate surface area is 124 Å². The van der Waals surface area contributed by atoms with Gasteiger partial charge >= 0.3 is 0 Å². The summed E-state index contributed by atoms with van der Waals surface area (Å²) in [6, 6.07) is 12.2. The van der Waals surface area contributed by atoms with Crippen LogP contribution in [0.1, 0.15) is 34.8 Å². The summed E-state index contributed by atoms with van der Waals surface area (Å²) in [6.07, 6.45) is 2.47. The maximum absolute atomic E-state index is 10.9. The molecule has 2 heterocycles. The van der Waals surface area contributed by atoms with Crippen LogP contribution < -0.4 is 10.1 Å². The molecule has 1 atom stereocenters. The van der Waals surface area contributed by atoms with Crippen LogP contribution in [0.2, 0.25) is 0 Å². The van der Waals surface area contributed by atoms with E-state index in [1.54, 1.807) is 0 Å². The average Bonchev–Trinajstić information content (AvgIpc) is 3.02. The molecule has 1 unspecified atom stereocenters. The number of hydrogen-bond donors (Lipinski definition) is 2. The molecule has 0 fully saturated rings. The fraction of sp³-hybridized carbons (Fsp3) is 0.333. The van der Waals surface area contributed by atoms with Crippen molar-refractivity contribution in [2.45, 2.75) is 25.4 Å². The Hall–Kier alpha value is -2.00. The topological polar surface area (TPSA) is 41.5 Å². The van der Waals surface area contributed by atoms with Crippen LogP contribution >= 0.6 is 0 Å². The standard InChI is InChI=1S/C18H19NO2/c20-17(14-7-1-4-12-9-10-19-16(12)14)15-8-2-5-13-6-3-11-21-18(13)15/h1-2,4-5,7-8,17,19-20H,3,6,9-11H2. The Balaban J connectivity index is 1.79. The third-order valence-electron chi connectivity index (χ3n) is 4.43. The summed E-state index contributed by atoms with van der Waals surface area (Å²) in [6.45, 7) is 1.68. The monoisotopic (exact) mass is 281 g/mol. The average molecular weight is 281 g/mol. The number of anilines is 1. The molecule has 2 aromatic rings. The Morgan fingerprint density at radius 1 is 1.00 bits per heavy atom. The number of nitrogens with one attached hydrogen (secondary N) is 1. The van der Waals surface area contributed by atoms with Crippen molar-refractivity contribution >= 4 is 5.69 Å². The van der Waals surface area contributed by atoms with Crippen LogP contribution in [0.15, 0.2) is 36.4 Å². The van der Waals surface area contributed by atoms with Crippen molar-refractivity contribution in [2.24, 2.45) is 0 Å². The van der Waals surface area contributed by atoms with Crippen LogP contribution in [0.4, 0.5) is 5.69 Å². The number of aliphatic hydroxyl groups is 1. The van der Waals surface area contributed by atoms with E-state index >= 15 is 0 Å². The smallest absolute Gasteiger partial charge is 0.128 e. The second-order valence-corrected chi connectivity index (χ2v) is 5.75. The largest absolute Gasteiger partial charge is 0.493 e. The molecule has 0 bridgehead atoms. The molecular weight excluding hydrogens is 262 g/mol. The van der Waals surface area contributed by atoms with Crippen LogP contribution in [-0.4, -0.2) is 18.3 Å². The van der Waals surface area contributed by atoms with Crippen LogP contribution in [0.5, 0.6) is 5.75 Å². The van der Waals surface area contributed by atoms with Gasteiger partial charge in [-0.1, -0.05) is 36.4 Å². The van der Waals surface area contributed by atoms with E-state index in [1.165, 1.54) is 11.1 Å². The molecule has 2 aromatic carbocycles. The predicted octanol–water partition coefficient (Wildman–Crippen LogP) is 3.06.